The molecule has 0 saturated heterocycles. The number of aliphatic hydroxyl groups excluding tert-OH is 1. The Hall–Kier alpha value is -1.46. The van der Waals surface area contributed by atoms with Crippen LogP contribution in [0.2, 0.25) is 5.02 Å². The summed E-state index contributed by atoms with van der Waals surface area (Å²) >= 11 is 6.11. The van der Waals surface area contributed by atoms with Crippen LogP contribution < -0.4 is 10.8 Å². The lowest BCUT2D eigenvalue weighted by molar-refractivity contribution is 0.0947. The summed E-state index contributed by atoms with van der Waals surface area (Å²) in [5.41, 5.74) is 1.81. The van der Waals surface area contributed by atoms with E-state index in [-0.39, 0.29) is 12.5 Å². The Labute approximate surface area is 155 Å². The molecule has 0 aliphatic heterocycles. The number of aliphatic hydroxyl groups is 1. The third-order valence-corrected chi connectivity index (χ3v) is 5.31. The number of amides is 1. The van der Waals surface area contributed by atoms with Crippen LogP contribution in [0.25, 0.3) is 10.9 Å². The number of rotatable bonds is 5. The molecular weight excluding hydrogens is 334 g/mol. The number of aromatic nitrogens is 1. The van der Waals surface area contributed by atoms with Crippen LogP contribution in [0.1, 0.15) is 48.9 Å². The van der Waals surface area contributed by atoms with Crippen LogP contribution in [-0.4, -0.2) is 36.6 Å². The van der Waals surface area contributed by atoms with E-state index < -0.39 is 0 Å². The molecule has 1 fully saturated rings. The molecule has 1 amide bonds. The van der Waals surface area contributed by atoms with Crippen molar-refractivity contribution in [3.63, 3.8) is 0 Å². The molecule has 2 aromatic rings. The van der Waals surface area contributed by atoms with Crippen molar-refractivity contribution in [3.05, 3.63) is 28.9 Å². The Morgan fingerprint density at radius 2 is 2.00 bits per heavy atom. The fourth-order valence-electron chi connectivity index (χ4n) is 3.79. The summed E-state index contributed by atoms with van der Waals surface area (Å²) in [6.07, 6.45) is 9.24. The van der Waals surface area contributed by atoms with Crippen molar-refractivity contribution in [1.29, 1.82) is 0 Å². The van der Waals surface area contributed by atoms with E-state index in [4.69, 9.17) is 19.4 Å². The number of nitrogens with one attached hydrogen (secondary N) is 1. The first-order valence-electron chi connectivity index (χ1n) is 9.07. The van der Waals surface area contributed by atoms with Gasteiger partial charge in [0.25, 0.3) is 5.91 Å². The summed E-state index contributed by atoms with van der Waals surface area (Å²) in [5.74, 6) is 0.448. The zero-order chi connectivity index (χ0) is 17.8. The zero-order valence-electron chi connectivity index (χ0n) is 14.4. The van der Waals surface area contributed by atoms with Gasteiger partial charge in [-0.2, -0.15) is 0 Å². The number of carbonyl (C=O) groups is 1. The predicted molar refractivity (Wildman–Crippen MR) is 103 cm³/mol. The second-order valence-corrected chi connectivity index (χ2v) is 7.35. The van der Waals surface area contributed by atoms with Crippen molar-refractivity contribution in [2.45, 2.75) is 45.1 Å². The Morgan fingerprint density at radius 1 is 1.28 bits per heavy atom. The highest BCUT2D eigenvalue weighted by molar-refractivity contribution is 6.42. The van der Waals surface area contributed by atoms with Gasteiger partial charge in [0.1, 0.15) is 7.85 Å². The standard InChI is InChI=1S/C19H24BClN2O2/c20-16-9-14(21)10-17-18(16)15(12-23(17)7-8-24)19(25)22-11-13-5-3-1-2-4-6-13/h9-10,12-13,24H,1-8,11H2,(H,22,25). The number of carbonyl (C=O) groups excluding carboxylic acids is 1. The summed E-state index contributed by atoms with van der Waals surface area (Å²) in [6, 6.07) is 3.44. The lowest BCUT2D eigenvalue weighted by atomic mass is 9.90. The van der Waals surface area contributed by atoms with Gasteiger partial charge in [0, 0.05) is 35.2 Å². The molecule has 1 aliphatic carbocycles. The summed E-state index contributed by atoms with van der Waals surface area (Å²) in [5, 5.41) is 13.6. The molecule has 25 heavy (non-hydrogen) atoms. The fraction of sp³-hybridized carbons (Fsp3) is 0.526. The molecule has 1 aromatic carbocycles. The molecule has 0 bridgehead atoms. The number of nitrogens with zero attached hydrogens (tertiary/aromatic N) is 1. The quantitative estimate of drug-likeness (QED) is 0.638. The average molecular weight is 359 g/mol. The van der Waals surface area contributed by atoms with E-state index in [2.05, 4.69) is 5.32 Å². The van der Waals surface area contributed by atoms with Gasteiger partial charge in [0.05, 0.1) is 12.2 Å². The van der Waals surface area contributed by atoms with E-state index in [1.807, 2.05) is 4.57 Å². The minimum atomic E-state index is -0.111. The van der Waals surface area contributed by atoms with Crippen LogP contribution in [0.4, 0.5) is 0 Å². The maximum atomic E-state index is 12.8. The van der Waals surface area contributed by atoms with Crippen molar-refractivity contribution in [1.82, 2.24) is 9.88 Å². The summed E-state index contributed by atoms with van der Waals surface area (Å²) < 4.78 is 1.83. The summed E-state index contributed by atoms with van der Waals surface area (Å²) in [4.78, 5) is 12.8. The highest BCUT2D eigenvalue weighted by atomic mass is 35.5. The number of hydrogen-bond acceptors (Lipinski definition) is 2. The Bertz CT molecular complexity index is 751. The first kappa shape index (κ1) is 18.3. The predicted octanol–water partition coefficient (Wildman–Crippen LogP) is 2.78. The highest BCUT2D eigenvalue weighted by Gasteiger charge is 2.19. The maximum absolute atomic E-state index is 12.8. The molecule has 2 radical (unpaired) electrons. The second kappa shape index (κ2) is 8.28. The van der Waals surface area contributed by atoms with Gasteiger partial charge >= 0.3 is 0 Å². The molecule has 1 heterocycles. The SMILES string of the molecule is [B]c1cc(Cl)cc2c1c(C(=O)NCC1CCCCCC1)cn2CCO. The van der Waals surface area contributed by atoms with E-state index >= 15 is 0 Å². The molecule has 6 heteroatoms. The van der Waals surface area contributed by atoms with E-state index in [0.717, 1.165) is 5.52 Å². The maximum Gasteiger partial charge on any atom is 0.253 e. The number of fused-ring (bicyclic) bond motifs is 1. The van der Waals surface area contributed by atoms with Crippen molar-refractivity contribution in [2.75, 3.05) is 13.2 Å². The van der Waals surface area contributed by atoms with Gasteiger partial charge < -0.3 is 15.0 Å². The molecule has 0 spiro atoms. The van der Waals surface area contributed by atoms with E-state index in [1.54, 1.807) is 18.3 Å². The monoisotopic (exact) mass is 358 g/mol. The molecule has 3 rings (SSSR count). The number of halogens is 1. The summed E-state index contributed by atoms with van der Waals surface area (Å²) in [7, 11) is 6.12. The van der Waals surface area contributed by atoms with E-state index in [1.165, 1.54) is 38.5 Å². The van der Waals surface area contributed by atoms with Crippen LogP contribution in [-0.2, 0) is 6.54 Å². The van der Waals surface area contributed by atoms with Crippen molar-refractivity contribution in [3.8, 4) is 0 Å². The van der Waals surface area contributed by atoms with Crippen LogP contribution in [0, 0.1) is 5.92 Å². The molecule has 0 atom stereocenters. The van der Waals surface area contributed by atoms with E-state index in [0.29, 0.717) is 40.4 Å². The van der Waals surface area contributed by atoms with Crippen LogP contribution in [0.3, 0.4) is 0 Å². The van der Waals surface area contributed by atoms with Gasteiger partial charge in [-0.3, -0.25) is 4.79 Å². The van der Waals surface area contributed by atoms with Gasteiger partial charge in [-0.25, -0.2) is 0 Å². The second-order valence-electron chi connectivity index (χ2n) is 6.92. The van der Waals surface area contributed by atoms with Gasteiger partial charge in [-0.15, -0.1) is 0 Å². The van der Waals surface area contributed by atoms with Gasteiger partial charge in [0.2, 0.25) is 0 Å². The lowest BCUT2D eigenvalue weighted by Gasteiger charge is -2.14. The van der Waals surface area contributed by atoms with Gasteiger partial charge in [-0.1, -0.05) is 42.7 Å². The molecular formula is C19H24BClN2O2. The normalized spacial score (nSPS) is 16.1. The molecule has 1 aliphatic rings. The average Bonchev–Trinajstić information content (AvgIpc) is 2.77. The first-order chi connectivity index (χ1) is 12.1. The molecule has 132 valence electrons. The van der Waals surface area contributed by atoms with Crippen molar-refractivity contribution < 1.29 is 9.90 Å². The highest BCUT2D eigenvalue weighted by Crippen LogP contribution is 2.24. The van der Waals surface area contributed by atoms with Crippen LogP contribution in [0.15, 0.2) is 18.3 Å². The van der Waals surface area contributed by atoms with E-state index in [9.17, 15) is 9.90 Å². The van der Waals surface area contributed by atoms with Crippen LogP contribution in [0.5, 0.6) is 0 Å². The minimum absolute atomic E-state index is 0.0146. The molecule has 2 N–H and O–H groups in total. The van der Waals surface area contributed by atoms with Crippen LogP contribution >= 0.6 is 11.6 Å². The lowest BCUT2D eigenvalue weighted by Crippen LogP contribution is -2.29. The Kier molecular flexibility index (Phi) is 6.08. The largest absolute Gasteiger partial charge is 0.395 e. The zero-order valence-corrected chi connectivity index (χ0v) is 15.2. The molecule has 1 saturated carbocycles. The fourth-order valence-corrected chi connectivity index (χ4v) is 4.01. The topological polar surface area (TPSA) is 54.3 Å². The Balaban J connectivity index is 1.83. The molecule has 4 nitrogen and oxygen atoms in total. The summed E-state index contributed by atoms with van der Waals surface area (Å²) in [6.45, 7) is 1.09. The molecule has 0 unspecified atom stereocenters. The number of benzene rings is 1. The van der Waals surface area contributed by atoms with Gasteiger partial charge in [-0.05, 0) is 30.9 Å². The van der Waals surface area contributed by atoms with Crippen molar-refractivity contribution >= 4 is 41.7 Å². The molecule has 1 aromatic heterocycles. The number of hydrogen-bond donors (Lipinski definition) is 2. The third-order valence-electron chi connectivity index (χ3n) is 5.09. The third kappa shape index (κ3) is 4.21. The first-order valence-corrected chi connectivity index (χ1v) is 9.45. The Morgan fingerprint density at radius 3 is 2.68 bits per heavy atom. The van der Waals surface area contributed by atoms with Crippen molar-refractivity contribution in [2.24, 2.45) is 5.92 Å². The van der Waals surface area contributed by atoms with Gasteiger partial charge in [0.15, 0.2) is 0 Å². The minimum Gasteiger partial charge on any atom is -0.395 e. The smallest absolute Gasteiger partial charge is 0.253 e.